The predicted molar refractivity (Wildman–Crippen MR) is 84.6 cm³/mol. The highest BCUT2D eigenvalue weighted by atomic mass is 35.5. The Bertz CT molecular complexity index is 779. The van der Waals surface area contributed by atoms with Crippen LogP contribution in [0.4, 0.5) is 0 Å². The first kappa shape index (κ1) is 14.0. The van der Waals surface area contributed by atoms with Gasteiger partial charge >= 0.3 is 0 Å². The number of unbranched alkanes of at least 4 members (excludes halogenated alkanes) is 1. The van der Waals surface area contributed by atoms with E-state index < -0.39 is 0 Å². The summed E-state index contributed by atoms with van der Waals surface area (Å²) in [7, 11) is 0. The minimum Gasteiger partial charge on any atom is -0.295 e. The van der Waals surface area contributed by atoms with Crippen LogP contribution >= 0.6 is 11.6 Å². The number of rotatable bonds is 4. The monoisotopic (exact) mass is 300 g/mol. The number of imidazole rings is 1. The lowest BCUT2D eigenvalue weighted by molar-refractivity contribution is 0.772. The lowest BCUT2D eigenvalue weighted by atomic mass is 10.0. The second kappa shape index (κ2) is 5.82. The van der Waals surface area contributed by atoms with E-state index in [-0.39, 0.29) is 0 Å². The van der Waals surface area contributed by atoms with Gasteiger partial charge in [-0.1, -0.05) is 24.9 Å². The third kappa shape index (κ3) is 2.51. The highest BCUT2D eigenvalue weighted by Gasteiger charge is 2.13. The van der Waals surface area contributed by atoms with Crippen molar-refractivity contribution in [2.75, 3.05) is 0 Å². The van der Waals surface area contributed by atoms with E-state index in [1.165, 1.54) is 12.0 Å². The summed E-state index contributed by atoms with van der Waals surface area (Å²) < 4.78 is 1.97. The Labute approximate surface area is 128 Å². The van der Waals surface area contributed by atoms with Crippen molar-refractivity contribution >= 4 is 17.1 Å². The highest BCUT2D eigenvalue weighted by Crippen LogP contribution is 2.26. The van der Waals surface area contributed by atoms with Crippen molar-refractivity contribution in [2.45, 2.75) is 33.1 Å². The van der Waals surface area contributed by atoms with Crippen LogP contribution in [-0.2, 0) is 6.42 Å². The largest absolute Gasteiger partial charge is 0.295 e. The van der Waals surface area contributed by atoms with Gasteiger partial charge in [-0.3, -0.25) is 9.38 Å². The molecule has 0 aliphatic rings. The Morgan fingerprint density at radius 3 is 2.86 bits per heavy atom. The van der Waals surface area contributed by atoms with E-state index in [1.807, 2.05) is 22.9 Å². The Kier molecular flexibility index (Phi) is 3.88. The lowest BCUT2D eigenvalue weighted by Crippen LogP contribution is -1.99. The molecule has 3 aromatic heterocycles. The summed E-state index contributed by atoms with van der Waals surface area (Å²) >= 11 is 6.11. The summed E-state index contributed by atoms with van der Waals surface area (Å²) in [6, 6.07) is 2.01. The molecule has 0 spiro atoms. The minimum absolute atomic E-state index is 0.467. The Morgan fingerprint density at radius 2 is 2.05 bits per heavy atom. The van der Waals surface area contributed by atoms with Gasteiger partial charge in [0, 0.05) is 29.8 Å². The molecule has 0 N–H and O–H groups in total. The number of pyridine rings is 1. The van der Waals surface area contributed by atoms with Crippen LogP contribution in [0.25, 0.3) is 16.9 Å². The number of nitrogens with zero attached hydrogens (tertiary/aromatic N) is 4. The Morgan fingerprint density at radius 1 is 1.19 bits per heavy atom. The molecular weight excluding hydrogens is 284 g/mol. The van der Waals surface area contributed by atoms with Crippen LogP contribution in [0.2, 0.25) is 5.15 Å². The first-order valence-electron chi connectivity index (χ1n) is 7.14. The molecule has 0 atom stereocenters. The van der Waals surface area contributed by atoms with Crippen molar-refractivity contribution in [1.29, 1.82) is 0 Å². The van der Waals surface area contributed by atoms with E-state index >= 15 is 0 Å². The van der Waals surface area contributed by atoms with Gasteiger partial charge in [0.25, 0.3) is 0 Å². The number of hydrogen-bond acceptors (Lipinski definition) is 3. The first-order chi connectivity index (χ1) is 10.2. The summed E-state index contributed by atoms with van der Waals surface area (Å²) in [6.45, 7) is 4.30. The van der Waals surface area contributed by atoms with Gasteiger partial charge in [0.15, 0.2) is 5.15 Å². The highest BCUT2D eigenvalue weighted by molar-refractivity contribution is 6.32. The average molecular weight is 301 g/mol. The zero-order valence-corrected chi connectivity index (χ0v) is 12.9. The molecule has 5 heteroatoms. The molecule has 3 aromatic rings. The van der Waals surface area contributed by atoms with E-state index in [2.05, 4.69) is 28.8 Å². The van der Waals surface area contributed by atoms with Gasteiger partial charge in [-0.2, -0.15) is 0 Å². The van der Waals surface area contributed by atoms with E-state index in [4.69, 9.17) is 11.6 Å². The summed E-state index contributed by atoms with van der Waals surface area (Å²) in [4.78, 5) is 13.1. The van der Waals surface area contributed by atoms with E-state index in [0.717, 1.165) is 35.4 Å². The van der Waals surface area contributed by atoms with Crippen molar-refractivity contribution in [1.82, 2.24) is 19.4 Å². The molecule has 0 aliphatic carbocycles. The second-order valence-corrected chi connectivity index (χ2v) is 5.45. The van der Waals surface area contributed by atoms with E-state index in [0.29, 0.717) is 5.15 Å². The number of halogens is 1. The van der Waals surface area contributed by atoms with E-state index in [1.54, 1.807) is 12.4 Å². The van der Waals surface area contributed by atoms with Gasteiger partial charge in [-0.15, -0.1) is 0 Å². The third-order valence-corrected chi connectivity index (χ3v) is 4.02. The molecule has 0 amide bonds. The quantitative estimate of drug-likeness (QED) is 0.728. The summed E-state index contributed by atoms with van der Waals surface area (Å²) in [5.74, 6) is 0.881. The molecule has 0 unspecified atom stereocenters. The van der Waals surface area contributed by atoms with Gasteiger partial charge in [0.1, 0.15) is 11.3 Å². The molecule has 0 aromatic carbocycles. The van der Waals surface area contributed by atoms with Crippen LogP contribution in [0, 0.1) is 6.92 Å². The van der Waals surface area contributed by atoms with Gasteiger partial charge in [-0.25, -0.2) is 9.97 Å². The van der Waals surface area contributed by atoms with Crippen LogP contribution in [0.1, 0.15) is 31.0 Å². The normalized spacial score (nSPS) is 11.2. The van der Waals surface area contributed by atoms with E-state index in [9.17, 15) is 0 Å². The SMILES string of the molecule is CCCCc1nccc(-c2ncc3c(Cl)nccn23)c1C. The van der Waals surface area contributed by atoms with Crippen molar-refractivity contribution in [2.24, 2.45) is 0 Å². The average Bonchev–Trinajstić information content (AvgIpc) is 2.91. The number of fused-ring (bicyclic) bond motifs is 1. The van der Waals surface area contributed by atoms with Gasteiger partial charge in [0.2, 0.25) is 0 Å². The third-order valence-electron chi connectivity index (χ3n) is 3.73. The van der Waals surface area contributed by atoms with Crippen LogP contribution in [0.5, 0.6) is 0 Å². The standard InChI is InChI=1S/C16H17ClN4/c1-3-4-5-13-11(2)12(6-7-18-13)16-20-10-14-15(17)19-8-9-21(14)16/h6-10H,3-5H2,1-2H3. The van der Waals surface area contributed by atoms with Gasteiger partial charge < -0.3 is 0 Å². The summed E-state index contributed by atoms with van der Waals surface area (Å²) in [5, 5.41) is 0.467. The van der Waals surface area contributed by atoms with Crippen molar-refractivity contribution < 1.29 is 0 Å². The maximum Gasteiger partial charge on any atom is 0.154 e. The molecule has 0 fully saturated rings. The fourth-order valence-corrected chi connectivity index (χ4v) is 2.71. The molecule has 0 aliphatic heterocycles. The molecule has 4 nitrogen and oxygen atoms in total. The molecule has 3 heterocycles. The number of hydrogen-bond donors (Lipinski definition) is 0. The Balaban J connectivity index is 2.13. The molecule has 21 heavy (non-hydrogen) atoms. The van der Waals surface area contributed by atoms with Gasteiger partial charge in [0.05, 0.1) is 6.20 Å². The van der Waals surface area contributed by atoms with Crippen LogP contribution < -0.4 is 0 Å². The Hall–Kier alpha value is -1.94. The van der Waals surface area contributed by atoms with Crippen molar-refractivity contribution in [3.05, 3.63) is 47.3 Å². The van der Waals surface area contributed by atoms with Crippen LogP contribution in [0.15, 0.2) is 30.9 Å². The van der Waals surface area contributed by atoms with Crippen LogP contribution in [0.3, 0.4) is 0 Å². The molecule has 108 valence electrons. The number of aromatic nitrogens is 4. The summed E-state index contributed by atoms with van der Waals surface area (Å²) in [5.41, 5.74) is 4.25. The van der Waals surface area contributed by atoms with Crippen molar-refractivity contribution in [3.8, 4) is 11.4 Å². The topological polar surface area (TPSA) is 43.1 Å². The molecule has 0 saturated heterocycles. The maximum atomic E-state index is 6.11. The maximum absolute atomic E-state index is 6.11. The smallest absolute Gasteiger partial charge is 0.154 e. The fourth-order valence-electron chi connectivity index (χ4n) is 2.51. The zero-order chi connectivity index (χ0) is 14.8. The molecule has 0 radical (unpaired) electrons. The summed E-state index contributed by atoms with van der Waals surface area (Å²) in [6.07, 6.45) is 10.5. The zero-order valence-electron chi connectivity index (χ0n) is 12.2. The molecule has 0 saturated carbocycles. The first-order valence-corrected chi connectivity index (χ1v) is 7.52. The van der Waals surface area contributed by atoms with Crippen molar-refractivity contribution in [3.63, 3.8) is 0 Å². The molecule has 3 rings (SSSR count). The second-order valence-electron chi connectivity index (χ2n) is 5.09. The molecule has 0 bridgehead atoms. The minimum atomic E-state index is 0.467. The fraction of sp³-hybridized carbons (Fsp3) is 0.312. The predicted octanol–water partition coefficient (Wildman–Crippen LogP) is 4.10. The van der Waals surface area contributed by atoms with Gasteiger partial charge in [-0.05, 0) is 31.4 Å². The number of aryl methyl sites for hydroxylation is 1. The van der Waals surface area contributed by atoms with Crippen LogP contribution in [-0.4, -0.2) is 19.4 Å². The lowest BCUT2D eigenvalue weighted by Gasteiger charge is -2.09. The molecular formula is C16H17ClN4.